The highest BCUT2D eigenvalue weighted by atomic mass is 32.1. The topological polar surface area (TPSA) is 99.7 Å². The van der Waals surface area contributed by atoms with Crippen LogP contribution in [-0.2, 0) is 13.0 Å². The molecule has 1 fully saturated rings. The first-order valence-electron chi connectivity index (χ1n) is 9.60. The highest BCUT2D eigenvalue weighted by Crippen LogP contribution is 2.19. The molecule has 0 radical (unpaired) electrons. The van der Waals surface area contributed by atoms with Crippen molar-refractivity contribution in [3.8, 4) is 0 Å². The molecule has 8 nitrogen and oxygen atoms in total. The fourth-order valence-electron chi connectivity index (χ4n) is 2.99. The van der Waals surface area contributed by atoms with E-state index in [2.05, 4.69) is 38.3 Å². The number of amides is 1. The minimum atomic E-state index is -0.414. The first-order valence-corrected chi connectivity index (χ1v) is 10.4. The number of benzene rings is 1. The molecule has 0 unspecified atom stereocenters. The third-order valence-corrected chi connectivity index (χ3v) is 5.42. The number of nitrogens with two attached hydrogens (primary N) is 1. The van der Waals surface area contributed by atoms with Crippen molar-refractivity contribution >= 4 is 28.5 Å². The fourth-order valence-corrected chi connectivity index (χ4v) is 3.79. The molecule has 0 saturated carbocycles. The Morgan fingerprint density at radius 3 is 2.50 bits per heavy atom. The van der Waals surface area contributed by atoms with Gasteiger partial charge in [0.05, 0.1) is 6.54 Å². The number of carbonyl (C=O) groups is 1. The standard InChI is InChI=1S/C19H27N7OS/c1-3-16-23-19(28-24-16)26-11-9-25(10-12-26)18(21-4-2)22-13-14-5-7-15(8-6-14)17(20)27/h5-8H,3-4,9-13H2,1-2H3,(H2,20,27)(H,21,22). The summed E-state index contributed by atoms with van der Waals surface area (Å²) in [5.74, 6) is 1.41. The van der Waals surface area contributed by atoms with Crippen LogP contribution in [0.2, 0.25) is 0 Å². The largest absolute Gasteiger partial charge is 0.366 e. The molecule has 1 aliphatic heterocycles. The van der Waals surface area contributed by atoms with Gasteiger partial charge in [-0.1, -0.05) is 19.1 Å². The molecule has 3 rings (SSSR count). The number of piperazine rings is 1. The first kappa shape index (κ1) is 20.1. The Kier molecular flexibility index (Phi) is 6.80. The van der Waals surface area contributed by atoms with Gasteiger partial charge in [-0.05, 0) is 24.6 Å². The molecule has 2 aromatic rings. The van der Waals surface area contributed by atoms with E-state index in [-0.39, 0.29) is 0 Å². The van der Waals surface area contributed by atoms with Gasteiger partial charge in [-0.25, -0.2) is 9.98 Å². The maximum absolute atomic E-state index is 11.2. The number of rotatable bonds is 6. The van der Waals surface area contributed by atoms with Gasteiger partial charge in [0.25, 0.3) is 0 Å². The van der Waals surface area contributed by atoms with Gasteiger partial charge < -0.3 is 20.9 Å². The molecule has 0 atom stereocenters. The van der Waals surface area contributed by atoms with Crippen LogP contribution in [0.1, 0.15) is 35.6 Å². The second-order valence-electron chi connectivity index (χ2n) is 6.55. The molecule has 1 aliphatic rings. The van der Waals surface area contributed by atoms with Gasteiger partial charge in [0.2, 0.25) is 11.0 Å². The Hall–Kier alpha value is -2.68. The molecule has 1 aromatic heterocycles. The van der Waals surface area contributed by atoms with Crippen molar-refractivity contribution in [2.24, 2.45) is 10.7 Å². The highest BCUT2D eigenvalue weighted by molar-refractivity contribution is 7.09. The fraction of sp³-hybridized carbons (Fsp3) is 0.474. The number of hydrogen-bond acceptors (Lipinski definition) is 6. The summed E-state index contributed by atoms with van der Waals surface area (Å²) < 4.78 is 4.38. The number of aryl methyl sites for hydroxylation is 1. The van der Waals surface area contributed by atoms with Gasteiger partial charge in [-0.3, -0.25) is 4.79 Å². The van der Waals surface area contributed by atoms with E-state index in [1.54, 1.807) is 12.1 Å². The SMILES string of the molecule is CCNC(=NCc1ccc(C(N)=O)cc1)N1CCN(c2nc(CC)ns2)CC1. The Bertz CT molecular complexity index is 810. The summed E-state index contributed by atoms with van der Waals surface area (Å²) in [5, 5.41) is 4.39. The average molecular weight is 402 g/mol. The predicted octanol–water partition coefficient (Wildman–Crippen LogP) is 1.49. The highest BCUT2D eigenvalue weighted by Gasteiger charge is 2.22. The van der Waals surface area contributed by atoms with Gasteiger partial charge in [0.15, 0.2) is 5.96 Å². The molecule has 0 aliphatic carbocycles. The van der Waals surface area contributed by atoms with Gasteiger partial charge in [0, 0.05) is 56.2 Å². The first-order chi connectivity index (χ1) is 13.6. The van der Waals surface area contributed by atoms with Crippen molar-refractivity contribution in [3.05, 3.63) is 41.2 Å². The second-order valence-corrected chi connectivity index (χ2v) is 7.28. The number of aliphatic imine (C=N–C) groups is 1. The van der Waals surface area contributed by atoms with Gasteiger partial charge >= 0.3 is 0 Å². The van der Waals surface area contributed by atoms with Crippen LogP contribution in [0.5, 0.6) is 0 Å². The molecule has 28 heavy (non-hydrogen) atoms. The van der Waals surface area contributed by atoms with Crippen LogP contribution in [0.15, 0.2) is 29.3 Å². The van der Waals surface area contributed by atoms with Crippen LogP contribution in [0.4, 0.5) is 5.13 Å². The smallest absolute Gasteiger partial charge is 0.248 e. The summed E-state index contributed by atoms with van der Waals surface area (Å²) in [5.41, 5.74) is 6.85. The molecule has 0 spiro atoms. The minimum Gasteiger partial charge on any atom is -0.366 e. The van der Waals surface area contributed by atoms with E-state index in [1.165, 1.54) is 11.5 Å². The number of hydrogen-bond donors (Lipinski definition) is 2. The van der Waals surface area contributed by atoms with Crippen molar-refractivity contribution in [2.45, 2.75) is 26.8 Å². The zero-order chi connectivity index (χ0) is 19.9. The van der Waals surface area contributed by atoms with Gasteiger partial charge in [-0.15, -0.1) is 0 Å². The summed E-state index contributed by atoms with van der Waals surface area (Å²) in [6, 6.07) is 7.27. The lowest BCUT2D eigenvalue weighted by Gasteiger charge is -2.36. The molecule has 1 aromatic carbocycles. The van der Waals surface area contributed by atoms with Crippen molar-refractivity contribution in [3.63, 3.8) is 0 Å². The second kappa shape index (κ2) is 9.50. The Balaban J connectivity index is 1.60. The number of guanidine groups is 1. The predicted molar refractivity (Wildman–Crippen MR) is 113 cm³/mol. The molecule has 1 amide bonds. The van der Waals surface area contributed by atoms with Crippen molar-refractivity contribution < 1.29 is 4.79 Å². The minimum absolute atomic E-state index is 0.414. The molecule has 0 bridgehead atoms. The van der Waals surface area contributed by atoms with Crippen molar-refractivity contribution in [1.82, 2.24) is 19.6 Å². The summed E-state index contributed by atoms with van der Waals surface area (Å²) in [4.78, 5) is 25.1. The van der Waals surface area contributed by atoms with E-state index < -0.39 is 5.91 Å². The van der Waals surface area contributed by atoms with Crippen LogP contribution in [0.25, 0.3) is 0 Å². The molecule has 150 valence electrons. The number of primary amides is 1. The lowest BCUT2D eigenvalue weighted by molar-refractivity contribution is 0.100. The summed E-state index contributed by atoms with van der Waals surface area (Å²) in [6.07, 6.45) is 0.869. The van der Waals surface area contributed by atoms with E-state index in [9.17, 15) is 4.79 Å². The van der Waals surface area contributed by atoms with E-state index in [1.807, 2.05) is 12.1 Å². The monoisotopic (exact) mass is 401 g/mol. The van der Waals surface area contributed by atoms with Crippen LogP contribution < -0.4 is 16.0 Å². The van der Waals surface area contributed by atoms with E-state index >= 15 is 0 Å². The Morgan fingerprint density at radius 2 is 1.93 bits per heavy atom. The Morgan fingerprint density at radius 1 is 1.21 bits per heavy atom. The van der Waals surface area contributed by atoms with Gasteiger partial charge in [0.1, 0.15) is 5.82 Å². The third kappa shape index (κ3) is 4.98. The summed E-state index contributed by atoms with van der Waals surface area (Å²) >= 11 is 1.48. The number of aromatic nitrogens is 2. The normalized spacial score (nSPS) is 15.0. The van der Waals surface area contributed by atoms with Crippen LogP contribution in [-0.4, -0.2) is 58.8 Å². The maximum atomic E-state index is 11.2. The Labute approximate surface area is 169 Å². The molecule has 1 saturated heterocycles. The van der Waals surface area contributed by atoms with Crippen LogP contribution >= 0.6 is 11.5 Å². The van der Waals surface area contributed by atoms with E-state index in [0.29, 0.717) is 12.1 Å². The number of nitrogens with zero attached hydrogens (tertiary/aromatic N) is 5. The number of carbonyl (C=O) groups excluding carboxylic acids is 1. The molecule has 2 heterocycles. The molecular weight excluding hydrogens is 374 g/mol. The molecular formula is C19H27N7OS. The zero-order valence-electron chi connectivity index (χ0n) is 16.4. The quantitative estimate of drug-likeness (QED) is 0.562. The zero-order valence-corrected chi connectivity index (χ0v) is 17.2. The average Bonchev–Trinajstić information content (AvgIpc) is 3.21. The van der Waals surface area contributed by atoms with E-state index in [4.69, 9.17) is 10.7 Å². The summed E-state index contributed by atoms with van der Waals surface area (Å²) in [6.45, 7) is 9.08. The number of nitrogens with one attached hydrogen (secondary N) is 1. The lowest BCUT2D eigenvalue weighted by Crippen LogP contribution is -2.52. The maximum Gasteiger partial charge on any atom is 0.248 e. The molecule has 9 heteroatoms. The van der Waals surface area contributed by atoms with Crippen molar-refractivity contribution in [1.29, 1.82) is 0 Å². The van der Waals surface area contributed by atoms with Crippen LogP contribution in [0, 0.1) is 0 Å². The third-order valence-electron chi connectivity index (χ3n) is 4.61. The van der Waals surface area contributed by atoms with Gasteiger partial charge in [-0.2, -0.15) is 4.37 Å². The number of anilines is 1. The van der Waals surface area contributed by atoms with Crippen molar-refractivity contribution in [2.75, 3.05) is 37.6 Å². The molecule has 3 N–H and O–H groups in total. The lowest BCUT2D eigenvalue weighted by atomic mass is 10.1. The summed E-state index contributed by atoms with van der Waals surface area (Å²) in [7, 11) is 0. The van der Waals surface area contributed by atoms with Crippen LogP contribution in [0.3, 0.4) is 0 Å². The van der Waals surface area contributed by atoms with E-state index in [0.717, 1.165) is 61.6 Å².